The van der Waals surface area contributed by atoms with Gasteiger partial charge >= 0.3 is 0 Å². The standard InChI is InChI=1S/C17H18N2O2/c1-17-8-3-4-13(17)5-6-14(16(17)19-11-20)12-7-9-18-15(10-12)21-2/h5-7,9-10,16H,3-4,8H2,1-2H3. The highest BCUT2D eigenvalue weighted by atomic mass is 16.5. The van der Waals surface area contributed by atoms with Crippen LogP contribution in [0, 0.1) is 5.41 Å². The smallest absolute Gasteiger partial charge is 0.235 e. The van der Waals surface area contributed by atoms with Crippen molar-refractivity contribution >= 4 is 11.7 Å². The van der Waals surface area contributed by atoms with E-state index in [1.54, 1.807) is 19.4 Å². The maximum Gasteiger partial charge on any atom is 0.235 e. The summed E-state index contributed by atoms with van der Waals surface area (Å²) in [5, 5.41) is 0. The highest BCUT2D eigenvalue weighted by Gasteiger charge is 2.44. The summed E-state index contributed by atoms with van der Waals surface area (Å²) in [7, 11) is 1.60. The Morgan fingerprint density at radius 1 is 1.48 bits per heavy atom. The molecule has 0 radical (unpaired) electrons. The van der Waals surface area contributed by atoms with Crippen LogP contribution in [0.15, 0.2) is 41.0 Å². The first-order valence-corrected chi connectivity index (χ1v) is 7.17. The van der Waals surface area contributed by atoms with Gasteiger partial charge in [0.15, 0.2) is 0 Å². The van der Waals surface area contributed by atoms with E-state index in [1.165, 1.54) is 5.57 Å². The van der Waals surface area contributed by atoms with E-state index in [0.717, 1.165) is 30.4 Å². The van der Waals surface area contributed by atoms with Crippen molar-refractivity contribution in [1.82, 2.24) is 4.98 Å². The van der Waals surface area contributed by atoms with Crippen molar-refractivity contribution in [2.24, 2.45) is 10.4 Å². The molecule has 2 aliphatic carbocycles. The maximum absolute atomic E-state index is 10.9. The first-order valence-electron chi connectivity index (χ1n) is 7.17. The molecule has 0 aromatic carbocycles. The number of hydrogen-bond donors (Lipinski definition) is 0. The quantitative estimate of drug-likeness (QED) is 0.631. The number of pyridine rings is 1. The largest absolute Gasteiger partial charge is 0.481 e. The molecule has 0 aliphatic heterocycles. The molecule has 3 rings (SSSR count). The molecule has 2 aliphatic rings. The summed E-state index contributed by atoms with van der Waals surface area (Å²) in [6.45, 7) is 2.20. The van der Waals surface area contributed by atoms with E-state index >= 15 is 0 Å². The normalized spacial score (nSPS) is 27.2. The Morgan fingerprint density at radius 2 is 2.33 bits per heavy atom. The molecule has 4 heteroatoms. The zero-order valence-electron chi connectivity index (χ0n) is 12.3. The van der Waals surface area contributed by atoms with Gasteiger partial charge in [-0.25, -0.2) is 9.78 Å². The van der Waals surface area contributed by atoms with Crippen LogP contribution in [0.5, 0.6) is 5.88 Å². The summed E-state index contributed by atoms with van der Waals surface area (Å²) in [5.74, 6) is 0.564. The number of ether oxygens (including phenoxy) is 1. The molecule has 1 fully saturated rings. The summed E-state index contributed by atoms with van der Waals surface area (Å²) in [5.41, 5.74) is 3.34. The highest BCUT2D eigenvalue weighted by molar-refractivity contribution is 5.76. The molecular weight excluding hydrogens is 264 g/mol. The molecule has 0 bridgehead atoms. The van der Waals surface area contributed by atoms with Gasteiger partial charge in [0.1, 0.15) is 0 Å². The number of nitrogens with zero attached hydrogens (tertiary/aromatic N) is 2. The summed E-state index contributed by atoms with van der Waals surface area (Å²) >= 11 is 0. The lowest BCUT2D eigenvalue weighted by Gasteiger charge is -2.36. The lowest BCUT2D eigenvalue weighted by Crippen LogP contribution is -2.32. The van der Waals surface area contributed by atoms with Crippen molar-refractivity contribution in [3.05, 3.63) is 41.6 Å². The zero-order valence-corrected chi connectivity index (χ0v) is 12.3. The number of fused-ring (bicyclic) bond motifs is 1. The van der Waals surface area contributed by atoms with E-state index in [-0.39, 0.29) is 11.5 Å². The van der Waals surface area contributed by atoms with E-state index in [9.17, 15) is 4.79 Å². The zero-order chi connectivity index (χ0) is 14.9. The Hall–Kier alpha value is -2.19. The van der Waals surface area contributed by atoms with Crippen LogP contribution in [0.3, 0.4) is 0 Å². The van der Waals surface area contributed by atoms with Crippen LogP contribution in [-0.4, -0.2) is 24.2 Å². The van der Waals surface area contributed by atoms with Gasteiger partial charge in [-0.2, -0.15) is 4.99 Å². The van der Waals surface area contributed by atoms with Crippen LogP contribution in [0.25, 0.3) is 5.57 Å². The second kappa shape index (κ2) is 5.30. The van der Waals surface area contributed by atoms with Crippen LogP contribution >= 0.6 is 0 Å². The monoisotopic (exact) mass is 282 g/mol. The number of hydrogen-bond acceptors (Lipinski definition) is 4. The minimum atomic E-state index is -0.176. The van der Waals surface area contributed by atoms with Crippen LogP contribution in [0.4, 0.5) is 0 Å². The number of methoxy groups -OCH3 is 1. The molecule has 0 N–H and O–H groups in total. The van der Waals surface area contributed by atoms with Crippen molar-refractivity contribution in [3.8, 4) is 5.88 Å². The number of aliphatic imine (C=N–C) groups is 1. The number of rotatable bonds is 3. The second-order valence-electron chi connectivity index (χ2n) is 5.79. The summed E-state index contributed by atoms with van der Waals surface area (Å²) in [4.78, 5) is 19.2. The van der Waals surface area contributed by atoms with E-state index < -0.39 is 0 Å². The van der Waals surface area contributed by atoms with Gasteiger partial charge in [-0.15, -0.1) is 0 Å². The molecule has 0 spiro atoms. The first kappa shape index (κ1) is 13.8. The molecule has 108 valence electrons. The van der Waals surface area contributed by atoms with E-state index in [1.807, 2.05) is 12.1 Å². The summed E-state index contributed by atoms with van der Waals surface area (Å²) in [6.07, 6.45) is 11.0. The van der Waals surface area contributed by atoms with Crippen LogP contribution in [0.2, 0.25) is 0 Å². The molecule has 0 saturated heterocycles. The molecule has 21 heavy (non-hydrogen) atoms. The Labute approximate surface area is 124 Å². The maximum atomic E-state index is 10.9. The van der Waals surface area contributed by atoms with Crippen molar-refractivity contribution in [2.45, 2.75) is 32.2 Å². The topological polar surface area (TPSA) is 51.5 Å². The lowest BCUT2D eigenvalue weighted by molar-refractivity contribution is 0.369. The van der Waals surface area contributed by atoms with E-state index in [0.29, 0.717) is 5.88 Å². The number of isocyanates is 1. The Bertz CT molecular complexity index is 671. The minimum Gasteiger partial charge on any atom is -0.481 e. The highest BCUT2D eigenvalue weighted by Crippen LogP contribution is 2.52. The summed E-state index contributed by atoms with van der Waals surface area (Å²) < 4.78 is 5.19. The average molecular weight is 282 g/mol. The van der Waals surface area contributed by atoms with Gasteiger partial charge in [-0.1, -0.05) is 24.6 Å². The van der Waals surface area contributed by atoms with E-state index in [2.05, 4.69) is 29.1 Å². The molecule has 1 heterocycles. The second-order valence-corrected chi connectivity index (χ2v) is 5.79. The van der Waals surface area contributed by atoms with Crippen molar-refractivity contribution in [3.63, 3.8) is 0 Å². The van der Waals surface area contributed by atoms with Gasteiger partial charge in [0, 0.05) is 17.7 Å². The SMILES string of the molecule is COc1cc(C2=CC=C3CCCC3(C)C2N=C=O)ccn1. The van der Waals surface area contributed by atoms with Crippen LogP contribution in [0.1, 0.15) is 31.7 Å². The third-order valence-electron chi connectivity index (χ3n) is 4.70. The number of aromatic nitrogens is 1. The summed E-state index contributed by atoms with van der Waals surface area (Å²) in [6, 6.07) is 3.64. The predicted molar refractivity (Wildman–Crippen MR) is 80.7 cm³/mol. The van der Waals surface area contributed by atoms with Gasteiger partial charge < -0.3 is 4.74 Å². The minimum absolute atomic E-state index is 0.0714. The van der Waals surface area contributed by atoms with Crippen LogP contribution in [-0.2, 0) is 4.79 Å². The fourth-order valence-corrected chi connectivity index (χ4v) is 3.52. The predicted octanol–water partition coefficient (Wildman–Crippen LogP) is 3.31. The van der Waals surface area contributed by atoms with Crippen molar-refractivity contribution < 1.29 is 9.53 Å². The van der Waals surface area contributed by atoms with E-state index in [4.69, 9.17) is 4.74 Å². The molecule has 1 aromatic heterocycles. The Kier molecular flexibility index (Phi) is 3.48. The third kappa shape index (κ3) is 2.22. The average Bonchev–Trinajstić information content (AvgIpc) is 2.90. The fraction of sp³-hybridized carbons (Fsp3) is 0.412. The third-order valence-corrected chi connectivity index (χ3v) is 4.70. The van der Waals surface area contributed by atoms with Gasteiger partial charge in [0.2, 0.25) is 12.0 Å². The van der Waals surface area contributed by atoms with Gasteiger partial charge in [-0.05, 0) is 36.5 Å². The van der Waals surface area contributed by atoms with Crippen molar-refractivity contribution in [1.29, 1.82) is 0 Å². The Morgan fingerprint density at radius 3 is 3.10 bits per heavy atom. The molecule has 2 atom stereocenters. The molecule has 2 unspecified atom stereocenters. The van der Waals surface area contributed by atoms with Crippen LogP contribution < -0.4 is 4.74 Å². The number of carbonyl (C=O) groups excluding carboxylic acids is 1. The molecule has 1 aromatic rings. The lowest BCUT2D eigenvalue weighted by atomic mass is 9.70. The molecule has 4 nitrogen and oxygen atoms in total. The van der Waals surface area contributed by atoms with Gasteiger partial charge in [0.05, 0.1) is 13.2 Å². The molecule has 1 saturated carbocycles. The first-order chi connectivity index (χ1) is 10.2. The Balaban J connectivity index is 2.09. The van der Waals surface area contributed by atoms with Crippen molar-refractivity contribution in [2.75, 3.05) is 7.11 Å². The van der Waals surface area contributed by atoms with Gasteiger partial charge in [0.25, 0.3) is 0 Å². The fourth-order valence-electron chi connectivity index (χ4n) is 3.52. The number of allylic oxidation sites excluding steroid dienone is 2. The molecule has 0 amide bonds. The van der Waals surface area contributed by atoms with Gasteiger partial charge in [-0.3, -0.25) is 0 Å². The molecular formula is C17H18N2O2.